The van der Waals surface area contributed by atoms with E-state index in [2.05, 4.69) is 17.4 Å². The SMILES string of the molecule is O=C(c1ccc(-c2ccccc2)cc1)[C@H]1CCCN(C(=O)Nc2ccccc2)C1. The summed E-state index contributed by atoms with van der Waals surface area (Å²) in [6.07, 6.45) is 1.65. The molecule has 1 aliphatic rings. The zero-order chi connectivity index (χ0) is 20.1. The summed E-state index contributed by atoms with van der Waals surface area (Å²) in [6.45, 7) is 1.13. The predicted octanol–water partition coefficient (Wildman–Crippen LogP) is 5.48. The number of urea groups is 1. The molecule has 1 fully saturated rings. The van der Waals surface area contributed by atoms with Gasteiger partial charge in [0.2, 0.25) is 0 Å². The molecule has 1 heterocycles. The van der Waals surface area contributed by atoms with Gasteiger partial charge in [0, 0.05) is 30.3 Å². The Morgan fingerprint density at radius 3 is 2.10 bits per heavy atom. The summed E-state index contributed by atoms with van der Waals surface area (Å²) < 4.78 is 0. The highest BCUT2D eigenvalue weighted by atomic mass is 16.2. The number of para-hydroxylation sites is 1. The molecule has 1 atom stereocenters. The maximum Gasteiger partial charge on any atom is 0.321 e. The maximum atomic E-state index is 13.0. The fraction of sp³-hybridized carbons (Fsp3) is 0.200. The Balaban J connectivity index is 1.41. The van der Waals surface area contributed by atoms with Crippen molar-refractivity contribution in [3.63, 3.8) is 0 Å². The van der Waals surface area contributed by atoms with Crippen LogP contribution in [-0.2, 0) is 0 Å². The first-order valence-corrected chi connectivity index (χ1v) is 10.0. The van der Waals surface area contributed by atoms with Gasteiger partial charge in [-0.05, 0) is 36.1 Å². The van der Waals surface area contributed by atoms with E-state index >= 15 is 0 Å². The quantitative estimate of drug-likeness (QED) is 0.606. The molecule has 0 unspecified atom stereocenters. The van der Waals surface area contributed by atoms with Gasteiger partial charge in [-0.25, -0.2) is 4.79 Å². The molecule has 146 valence electrons. The molecule has 4 rings (SSSR count). The van der Waals surface area contributed by atoms with Crippen molar-refractivity contribution in [1.29, 1.82) is 0 Å². The van der Waals surface area contributed by atoms with E-state index in [9.17, 15) is 9.59 Å². The Labute approximate surface area is 171 Å². The molecule has 29 heavy (non-hydrogen) atoms. The second-order valence-electron chi connectivity index (χ2n) is 7.39. The van der Waals surface area contributed by atoms with Crippen molar-refractivity contribution in [1.82, 2.24) is 4.90 Å². The van der Waals surface area contributed by atoms with E-state index in [-0.39, 0.29) is 17.7 Å². The summed E-state index contributed by atoms with van der Waals surface area (Å²) in [5.41, 5.74) is 3.70. The van der Waals surface area contributed by atoms with Gasteiger partial charge < -0.3 is 10.2 Å². The Morgan fingerprint density at radius 2 is 1.41 bits per heavy atom. The molecule has 1 saturated heterocycles. The van der Waals surface area contributed by atoms with Crippen LogP contribution in [0.25, 0.3) is 11.1 Å². The van der Waals surface area contributed by atoms with Crippen molar-refractivity contribution in [2.75, 3.05) is 18.4 Å². The number of Topliss-reactive ketones (excluding diaryl/α,β-unsaturated/α-hetero) is 1. The molecule has 3 aromatic carbocycles. The summed E-state index contributed by atoms with van der Waals surface area (Å²) >= 11 is 0. The molecule has 2 amide bonds. The van der Waals surface area contributed by atoms with Gasteiger partial charge in [0.15, 0.2) is 5.78 Å². The molecule has 0 radical (unpaired) electrons. The summed E-state index contributed by atoms with van der Waals surface area (Å²) in [4.78, 5) is 27.3. The van der Waals surface area contributed by atoms with Crippen LogP contribution in [-0.4, -0.2) is 29.8 Å². The van der Waals surface area contributed by atoms with Crippen molar-refractivity contribution < 1.29 is 9.59 Å². The molecule has 0 aliphatic carbocycles. The summed E-state index contributed by atoms with van der Waals surface area (Å²) in [5, 5.41) is 2.91. The molecule has 0 saturated carbocycles. The minimum absolute atomic E-state index is 0.113. The van der Waals surface area contributed by atoms with Crippen LogP contribution in [0.3, 0.4) is 0 Å². The lowest BCUT2D eigenvalue weighted by molar-refractivity contribution is 0.0851. The molecule has 0 aromatic heterocycles. The Morgan fingerprint density at radius 1 is 0.793 bits per heavy atom. The summed E-state index contributed by atoms with van der Waals surface area (Å²) in [7, 11) is 0. The van der Waals surface area contributed by atoms with Crippen LogP contribution in [0.15, 0.2) is 84.9 Å². The zero-order valence-corrected chi connectivity index (χ0v) is 16.3. The van der Waals surface area contributed by atoms with Crippen molar-refractivity contribution in [2.24, 2.45) is 5.92 Å². The highest BCUT2D eigenvalue weighted by Crippen LogP contribution is 2.24. The van der Waals surface area contributed by atoms with Crippen LogP contribution in [0.4, 0.5) is 10.5 Å². The van der Waals surface area contributed by atoms with Gasteiger partial charge in [-0.2, -0.15) is 0 Å². The number of piperidine rings is 1. The molecule has 1 N–H and O–H groups in total. The van der Waals surface area contributed by atoms with Gasteiger partial charge in [0.05, 0.1) is 0 Å². The highest BCUT2D eigenvalue weighted by Gasteiger charge is 2.29. The van der Waals surface area contributed by atoms with Crippen LogP contribution >= 0.6 is 0 Å². The Bertz CT molecular complexity index is 969. The lowest BCUT2D eigenvalue weighted by atomic mass is 9.89. The molecule has 0 spiro atoms. The van der Waals surface area contributed by atoms with Gasteiger partial charge in [-0.15, -0.1) is 0 Å². The molecule has 4 nitrogen and oxygen atoms in total. The number of likely N-dealkylation sites (tertiary alicyclic amines) is 1. The Kier molecular flexibility index (Phi) is 5.71. The molecular weight excluding hydrogens is 360 g/mol. The molecule has 4 heteroatoms. The standard InChI is InChI=1S/C25H24N2O2/c28-24(21-15-13-20(14-16-21)19-8-3-1-4-9-19)22-10-7-17-27(18-22)25(29)26-23-11-5-2-6-12-23/h1-6,8-9,11-16,22H,7,10,17-18H2,(H,26,29)/t22-/m0/s1. The van der Waals surface area contributed by atoms with E-state index < -0.39 is 0 Å². The van der Waals surface area contributed by atoms with Crippen LogP contribution in [0.1, 0.15) is 23.2 Å². The lowest BCUT2D eigenvalue weighted by Crippen LogP contribution is -2.44. The van der Waals surface area contributed by atoms with Crippen molar-refractivity contribution in [2.45, 2.75) is 12.8 Å². The summed E-state index contributed by atoms with van der Waals surface area (Å²) in [5.74, 6) is -0.0466. The molecular formula is C25H24N2O2. The van der Waals surface area contributed by atoms with E-state index in [0.29, 0.717) is 18.7 Å². The van der Waals surface area contributed by atoms with Crippen molar-refractivity contribution in [3.8, 4) is 11.1 Å². The topological polar surface area (TPSA) is 49.4 Å². The molecule has 0 bridgehead atoms. The third kappa shape index (κ3) is 4.54. The smallest absolute Gasteiger partial charge is 0.321 e. The van der Waals surface area contributed by atoms with E-state index in [4.69, 9.17) is 0 Å². The number of benzene rings is 3. The second-order valence-corrected chi connectivity index (χ2v) is 7.39. The average molecular weight is 384 g/mol. The number of hydrogen-bond acceptors (Lipinski definition) is 2. The van der Waals surface area contributed by atoms with Crippen LogP contribution in [0.2, 0.25) is 0 Å². The van der Waals surface area contributed by atoms with E-state index in [1.165, 1.54) is 0 Å². The van der Waals surface area contributed by atoms with Crippen LogP contribution in [0, 0.1) is 5.92 Å². The monoisotopic (exact) mass is 384 g/mol. The molecule has 3 aromatic rings. The summed E-state index contributed by atoms with van der Waals surface area (Å²) in [6, 6.07) is 27.1. The largest absolute Gasteiger partial charge is 0.324 e. The predicted molar refractivity (Wildman–Crippen MR) is 116 cm³/mol. The number of nitrogens with one attached hydrogen (secondary N) is 1. The van der Waals surface area contributed by atoms with Gasteiger partial charge >= 0.3 is 6.03 Å². The van der Waals surface area contributed by atoms with E-state index in [0.717, 1.165) is 29.7 Å². The van der Waals surface area contributed by atoms with Gasteiger partial charge in [0.1, 0.15) is 0 Å². The first-order chi connectivity index (χ1) is 14.2. The van der Waals surface area contributed by atoms with Gasteiger partial charge in [-0.3, -0.25) is 4.79 Å². The maximum absolute atomic E-state index is 13.0. The van der Waals surface area contributed by atoms with Crippen LogP contribution < -0.4 is 5.32 Å². The minimum Gasteiger partial charge on any atom is -0.324 e. The lowest BCUT2D eigenvalue weighted by Gasteiger charge is -2.32. The average Bonchev–Trinajstić information content (AvgIpc) is 2.80. The number of carbonyl (C=O) groups is 2. The third-order valence-electron chi connectivity index (χ3n) is 5.38. The highest BCUT2D eigenvalue weighted by molar-refractivity contribution is 5.99. The number of carbonyl (C=O) groups excluding carboxylic acids is 2. The Hall–Kier alpha value is -3.40. The van der Waals surface area contributed by atoms with E-state index in [1.807, 2.05) is 72.8 Å². The molecule has 1 aliphatic heterocycles. The van der Waals surface area contributed by atoms with Crippen molar-refractivity contribution >= 4 is 17.5 Å². The van der Waals surface area contributed by atoms with Gasteiger partial charge in [0.25, 0.3) is 0 Å². The number of nitrogens with zero attached hydrogens (tertiary/aromatic N) is 1. The van der Waals surface area contributed by atoms with Crippen molar-refractivity contribution in [3.05, 3.63) is 90.5 Å². The normalized spacial score (nSPS) is 16.3. The zero-order valence-electron chi connectivity index (χ0n) is 16.3. The number of amides is 2. The first-order valence-electron chi connectivity index (χ1n) is 10.0. The fourth-order valence-corrected chi connectivity index (χ4v) is 3.79. The third-order valence-corrected chi connectivity index (χ3v) is 5.38. The number of anilines is 1. The van der Waals surface area contributed by atoms with Crippen LogP contribution in [0.5, 0.6) is 0 Å². The minimum atomic E-state index is -0.159. The number of ketones is 1. The first kappa shape index (κ1) is 18.9. The number of rotatable bonds is 4. The number of hydrogen-bond donors (Lipinski definition) is 1. The second kappa shape index (κ2) is 8.74. The van der Waals surface area contributed by atoms with Gasteiger partial charge in [-0.1, -0.05) is 72.8 Å². The van der Waals surface area contributed by atoms with E-state index in [1.54, 1.807) is 4.90 Å². The fourth-order valence-electron chi connectivity index (χ4n) is 3.79.